The van der Waals surface area contributed by atoms with Gasteiger partial charge in [-0.1, -0.05) is 37.0 Å². The van der Waals surface area contributed by atoms with Crippen molar-refractivity contribution in [3.8, 4) is 0 Å². The molecule has 2 amide bonds. The van der Waals surface area contributed by atoms with Crippen LogP contribution < -0.4 is 0 Å². The number of piperidine rings is 2. The van der Waals surface area contributed by atoms with Crippen LogP contribution in [0, 0.1) is 18.8 Å². The first kappa shape index (κ1) is 21.7. The minimum atomic E-state index is 0.00673. The largest absolute Gasteiger partial charge is 0.342 e. The third kappa shape index (κ3) is 5.60. The molecule has 0 radical (unpaired) electrons. The number of nitrogens with zero attached hydrogens (tertiary/aromatic N) is 2. The standard InChI is InChI=1S/C25H36N2O2S/c1-19-6-5-9-23(16-19)30-22-12-14-26(15-13-22)25(29)21-10-11-24(28)27(18-21)17-20-7-3-2-4-8-20/h5-6,9,16,20-22H,2-4,7-8,10-15,17-18H2,1H3. The fraction of sp³-hybridized carbons (Fsp3) is 0.680. The number of likely N-dealkylation sites (tertiary alicyclic amines) is 2. The van der Waals surface area contributed by atoms with Gasteiger partial charge in [0.15, 0.2) is 0 Å². The van der Waals surface area contributed by atoms with Crippen molar-refractivity contribution < 1.29 is 9.59 Å². The van der Waals surface area contributed by atoms with Crippen LogP contribution in [0.25, 0.3) is 0 Å². The maximum absolute atomic E-state index is 13.2. The summed E-state index contributed by atoms with van der Waals surface area (Å²) < 4.78 is 0. The van der Waals surface area contributed by atoms with Crippen molar-refractivity contribution in [3.63, 3.8) is 0 Å². The number of amides is 2. The first-order valence-electron chi connectivity index (χ1n) is 11.9. The molecule has 2 saturated heterocycles. The number of carbonyl (C=O) groups is 2. The Morgan fingerprint density at radius 1 is 1.07 bits per heavy atom. The molecule has 3 aliphatic rings. The van der Waals surface area contributed by atoms with E-state index in [0.29, 0.717) is 24.1 Å². The van der Waals surface area contributed by atoms with E-state index in [-0.39, 0.29) is 17.7 Å². The molecule has 1 atom stereocenters. The van der Waals surface area contributed by atoms with Crippen molar-refractivity contribution in [2.75, 3.05) is 26.2 Å². The van der Waals surface area contributed by atoms with Crippen LogP contribution in [0.15, 0.2) is 29.2 Å². The van der Waals surface area contributed by atoms with Crippen molar-refractivity contribution in [1.82, 2.24) is 9.80 Å². The molecule has 5 heteroatoms. The lowest BCUT2D eigenvalue weighted by Crippen LogP contribution is -2.50. The van der Waals surface area contributed by atoms with E-state index in [1.165, 1.54) is 42.6 Å². The Labute approximate surface area is 185 Å². The number of rotatable bonds is 5. The van der Waals surface area contributed by atoms with Crippen molar-refractivity contribution in [1.29, 1.82) is 0 Å². The monoisotopic (exact) mass is 428 g/mol. The molecule has 1 aromatic carbocycles. The summed E-state index contributed by atoms with van der Waals surface area (Å²) >= 11 is 1.96. The van der Waals surface area contributed by atoms with E-state index < -0.39 is 0 Å². The average Bonchev–Trinajstić information content (AvgIpc) is 2.76. The fourth-order valence-corrected chi connectivity index (χ4v) is 6.55. The number of hydrogen-bond donors (Lipinski definition) is 0. The van der Waals surface area contributed by atoms with Gasteiger partial charge in [0.05, 0.1) is 5.92 Å². The number of hydrogen-bond acceptors (Lipinski definition) is 3. The Balaban J connectivity index is 1.26. The average molecular weight is 429 g/mol. The zero-order chi connectivity index (χ0) is 20.9. The highest BCUT2D eigenvalue weighted by atomic mass is 32.2. The first-order chi connectivity index (χ1) is 14.6. The summed E-state index contributed by atoms with van der Waals surface area (Å²) in [5.74, 6) is 1.20. The van der Waals surface area contributed by atoms with Crippen LogP contribution >= 0.6 is 11.8 Å². The summed E-state index contributed by atoms with van der Waals surface area (Å²) in [5.41, 5.74) is 1.30. The van der Waals surface area contributed by atoms with Gasteiger partial charge in [-0.15, -0.1) is 11.8 Å². The molecular formula is C25H36N2O2S. The van der Waals surface area contributed by atoms with E-state index in [9.17, 15) is 9.59 Å². The molecule has 2 heterocycles. The molecule has 1 aliphatic carbocycles. The van der Waals surface area contributed by atoms with Crippen LogP contribution in [-0.4, -0.2) is 53.0 Å². The van der Waals surface area contributed by atoms with Gasteiger partial charge in [0, 0.05) is 42.7 Å². The molecule has 1 saturated carbocycles. The fourth-order valence-electron chi connectivity index (χ4n) is 5.31. The maximum Gasteiger partial charge on any atom is 0.227 e. The highest BCUT2D eigenvalue weighted by Crippen LogP contribution is 2.32. The van der Waals surface area contributed by atoms with Crippen molar-refractivity contribution in [2.45, 2.75) is 74.9 Å². The number of carbonyl (C=O) groups excluding carboxylic acids is 2. The molecule has 2 aliphatic heterocycles. The van der Waals surface area contributed by atoms with Gasteiger partial charge in [-0.3, -0.25) is 9.59 Å². The third-order valence-electron chi connectivity index (χ3n) is 7.10. The molecule has 0 spiro atoms. The van der Waals surface area contributed by atoms with Crippen molar-refractivity contribution in [2.24, 2.45) is 11.8 Å². The Hall–Kier alpha value is -1.49. The number of thioether (sulfide) groups is 1. The summed E-state index contributed by atoms with van der Waals surface area (Å²) in [7, 11) is 0. The van der Waals surface area contributed by atoms with Gasteiger partial charge in [0.2, 0.25) is 11.8 Å². The number of aryl methyl sites for hydroxylation is 1. The summed E-state index contributed by atoms with van der Waals surface area (Å²) in [5, 5.41) is 0.589. The van der Waals surface area contributed by atoms with Crippen molar-refractivity contribution >= 4 is 23.6 Å². The highest BCUT2D eigenvalue weighted by molar-refractivity contribution is 8.00. The molecule has 164 valence electrons. The maximum atomic E-state index is 13.2. The van der Waals surface area contributed by atoms with Crippen LogP contribution in [0.4, 0.5) is 0 Å². The highest BCUT2D eigenvalue weighted by Gasteiger charge is 2.35. The lowest BCUT2D eigenvalue weighted by atomic mass is 9.87. The van der Waals surface area contributed by atoms with Crippen LogP contribution in [0.2, 0.25) is 0 Å². The Morgan fingerprint density at radius 2 is 1.83 bits per heavy atom. The van der Waals surface area contributed by atoms with E-state index in [4.69, 9.17) is 0 Å². The molecule has 0 aromatic heterocycles. The minimum absolute atomic E-state index is 0.00673. The van der Waals surface area contributed by atoms with Crippen LogP contribution in [0.5, 0.6) is 0 Å². The molecule has 1 unspecified atom stereocenters. The van der Waals surface area contributed by atoms with Gasteiger partial charge in [-0.25, -0.2) is 0 Å². The molecule has 30 heavy (non-hydrogen) atoms. The summed E-state index contributed by atoms with van der Waals surface area (Å²) in [6.45, 7) is 5.37. The molecule has 0 N–H and O–H groups in total. The molecule has 4 nitrogen and oxygen atoms in total. The minimum Gasteiger partial charge on any atom is -0.342 e. The quantitative estimate of drug-likeness (QED) is 0.670. The van der Waals surface area contributed by atoms with E-state index in [1.54, 1.807) is 0 Å². The second-order valence-electron chi connectivity index (χ2n) is 9.50. The summed E-state index contributed by atoms with van der Waals surface area (Å²) in [6.07, 6.45) is 9.81. The van der Waals surface area contributed by atoms with E-state index >= 15 is 0 Å². The van der Waals surface area contributed by atoms with Gasteiger partial charge in [0.25, 0.3) is 0 Å². The van der Waals surface area contributed by atoms with Gasteiger partial charge in [-0.05, 0) is 57.1 Å². The molecule has 3 fully saturated rings. The van der Waals surface area contributed by atoms with E-state index in [2.05, 4.69) is 36.1 Å². The van der Waals surface area contributed by atoms with Crippen molar-refractivity contribution in [3.05, 3.63) is 29.8 Å². The SMILES string of the molecule is Cc1cccc(SC2CCN(C(=O)C3CCC(=O)N(CC4CCCCC4)C3)CC2)c1. The summed E-state index contributed by atoms with van der Waals surface area (Å²) in [4.78, 5) is 31.1. The zero-order valence-electron chi connectivity index (χ0n) is 18.4. The predicted octanol–water partition coefficient (Wildman–Crippen LogP) is 4.90. The van der Waals surface area contributed by atoms with Gasteiger partial charge in [0.1, 0.15) is 0 Å². The topological polar surface area (TPSA) is 40.6 Å². The molecule has 0 bridgehead atoms. The lowest BCUT2D eigenvalue weighted by molar-refractivity contribution is -0.144. The van der Waals surface area contributed by atoms with E-state index in [0.717, 1.165) is 38.9 Å². The van der Waals surface area contributed by atoms with Crippen LogP contribution in [0.1, 0.15) is 63.4 Å². The smallest absolute Gasteiger partial charge is 0.227 e. The van der Waals surface area contributed by atoms with Gasteiger partial charge in [-0.2, -0.15) is 0 Å². The zero-order valence-corrected chi connectivity index (χ0v) is 19.2. The van der Waals surface area contributed by atoms with Gasteiger partial charge < -0.3 is 9.80 Å². The Kier molecular flexibility index (Phi) is 7.40. The second kappa shape index (κ2) is 10.2. The second-order valence-corrected chi connectivity index (χ2v) is 10.9. The van der Waals surface area contributed by atoms with Gasteiger partial charge >= 0.3 is 0 Å². The Bertz CT molecular complexity index is 738. The lowest BCUT2D eigenvalue weighted by Gasteiger charge is -2.39. The first-order valence-corrected chi connectivity index (χ1v) is 12.8. The normalized spacial score (nSPS) is 24.3. The molecular weight excluding hydrogens is 392 g/mol. The Morgan fingerprint density at radius 3 is 2.57 bits per heavy atom. The van der Waals surface area contributed by atoms with Crippen LogP contribution in [-0.2, 0) is 9.59 Å². The third-order valence-corrected chi connectivity index (χ3v) is 8.43. The number of benzene rings is 1. The van der Waals surface area contributed by atoms with E-state index in [1.807, 2.05) is 16.7 Å². The molecule has 1 aromatic rings. The summed E-state index contributed by atoms with van der Waals surface area (Å²) in [6, 6.07) is 8.70. The van der Waals surface area contributed by atoms with Crippen LogP contribution in [0.3, 0.4) is 0 Å². The molecule has 4 rings (SSSR count). The predicted molar refractivity (Wildman–Crippen MR) is 123 cm³/mol.